The molecule has 33 heavy (non-hydrogen) atoms. The number of aryl methyl sites for hydroxylation is 1. The predicted molar refractivity (Wildman–Crippen MR) is 131 cm³/mol. The molecule has 0 spiro atoms. The minimum atomic E-state index is -0.622. The SMILES string of the molecule is COC(=O)N(CC(=O)c1ccc(Cl)cc1)c1ccc(OCc2nc3ccccc3s2)cc1C. The van der Waals surface area contributed by atoms with Crippen LogP contribution in [0.1, 0.15) is 20.9 Å². The number of carbonyl (C=O) groups excluding carboxylic acids is 2. The van der Waals surface area contributed by atoms with Crippen molar-refractivity contribution >= 4 is 50.7 Å². The highest BCUT2D eigenvalue weighted by Crippen LogP contribution is 2.28. The third-order valence-electron chi connectivity index (χ3n) is 5.02. The Balaban J connectivity index is 1.49. The summed E-state index contributed by atoms with van der Waals surface area (Å²) >= 11 is 7.49. The molecule has 168 valence electrons. The number of hydrogen-bond acceptors (Lipinski definition) is 6. The summed E-state index contributed by atoms with van der Waals surface area (Å²) in [4.78, 5) is 31.1. The Hall–Kier alpha value is -3.42. The summed E-state index contributed by atoms with van der Waals surface area (Å²) in [5, 5.41) is 1.41. The minimum absolute atomic E-state index is 0.166. The highest BCUT2D eigenvalue weighted by Gasteiger charge is 2.22. The van der Waals surface area contributed by atoms with E-state index in [4.69, 9.17) is 21.1 Å². The molecule has 6 nitrogen and oxygen atoms in total. The molecule has 1 aromatic heterocycles. The Labute approximate surface area is 200 Å². The van der Waals surface area contributed by atoms with Gasteiger partial charge in [-0.1, -0.05) is 23.7 Å². The molecule has 0 aliphatic carbocycles. The topological polar surface area (TPSA) is 68.7 Å². The minimum Gasteiger partial charge on any atom is -0.486 e. The summed E-state index contributed by atoms with van der Waals surface area (Å²) in [6.45, 7) is 2.03. The van der Waals surface area contributed by atoms with Crippen LogP contribution in [0.15, 0.2) is 66.7 Å². The van der Waals surface area contributed by atoms with Crippen LogP contribution in [0.4, 0.5) is 10.5 Å². The number of ketones is 1. The molecule has 4 rings (SSSR count). The molecule has 1 heterocycles. The maximum atomic E-state index is 12.7. The summed E-state index contributed by atoms with van der Waals surface area (Å²) in [5.74, 6) is 0.414. The lowest BCUT2D eigenvalue weighted by atomic mass is 10.1. The van der Waals surface area contributed by atoms with Crippen molar-refractivity contribution in [2.45, 2.75) is 13.5 Å². The lowest BCUT2D eigenvalue weighted by Crippen LogP contribution is -2.36. The molecule has 3 aromatic carbocycles. The van der Waals surface area contributed by atoms with Crippen molar-refractivity contribution in [3.8, 4) is 5.75 Å². The van der Waals surface area contributed by atoms with Gasteiger partial charge in [-0.15, -0.1) is 11.3 Å². The maximum Gasteiger partial charge on any atom is 0.414 e. The zero-order chi connectivity index (χ0) is 23.4. The Morgan fingerprint density at radius 1 is 1.06 bits per heavy atom. The van der Waals surface area contributed by atoms with Crippen LogP contribution in [0, 0.1) is 6.92 Å². The molecular weight excluding hydrogens is 460 g/mol. The lowest BCUT2D eigenvalue weighted by molar-refractivity contribution is 0.0994. The molecule has 8 heteroatoms. The summed E-state index contributed by atoms with van der Waals surface area (Å²) in [6.07, 6.45) is -0.622. The second-order valence-corrected chi connectivity index (χ2v) is 8.85. The largest absolute Gasteiger partial charge is 0.486 e. The van der Waals surface area contributed by atoms with Crippen molar-refractivity contribution in [3.05, 3.63) is 87.9 Å². The van der Waals surface area contributed by atoms with E-state index < -0.39 is 6.09 Å². The normalized spacial score (nSPS) is 10.8. The predicted octanol–water partition coefficient (Wildman–Crippen LogP) is 6.29. The van der Waals surface area contributed by atoms with E-state index in [2.05, 4.69) is 4.98 Å². The zero-order valence-corrected chi connectivity index (χ0v) is 19.7. The molecule has 0 unspecified atom stereocenters. The van der Waals surface area contributed by atoms with Crippen LogP contribution < -0.4 is 9.64 Å². The molecule has 0 fully saturated rings. The summed E-state index contributed by atoms with van der Waals surface area (Å²) in [6, 6.07) is 19.8. The number of methoxy groups -OCH3 is 1. The van der Waals surface area contributed by atoms with Gasteiger partial charge in [0.15, 0.2) is 5.78 Å². The average Bonchev–Trinajstić information content (AvgIpc) is 3.24. The Kier molecular flexibility index (Phi) is 6.91. The van der Waals surface area contributed by atoms with Crippen molar-refractivity contribution in [2.75, 3.05) is 18.6 Å². The molecule has 0 saturated carbocycles. The number of thiazole rings is 1. The second-order valence-electron chi connectivity index (χ2n) is 7.30. The van der Waals surface area contributed by atoms with Crippen LogP contribution in [0.3, 0.4) is 0 Å². The Morgan fingerprint density at radius 3 is 2.52 bits per heavy atom. The fraction of sp³-hybridized carbons (Fsp3) is 0.160. The highest BCUT2D eigenvalue weighted by atomic mass is 35.5. The zero-order valence-electron chi connectivity index (χ0n) is 18.1. The number of Topliss-reactive ketones (excluding diaryl/α,β-unsaturated/α-hetero) is 1. The van der Waals surface area contributed by atoms with Gasteiger partial charge in [-0.3, -0.25) is 9.69 Å². The molecule has 0 radical (unpaired) electrons. The van der Waals surface area contributed by atoms with Gasteiger partial charge < -0.3 is 9.47 Å². The Morgan fingerprint density at radius 2 is 1.82 bits per heavy atom. The smallest absolute Gasteiger partial charge is 0.414 e. The first kappa shape index (κ1) is 22.8. The number of amides is 1. The van der Waals surface area contributed by atoms with Crippen LogP contribution >= 0.6 is 22.9 Å². The maximum absolute atomic E-state index is 12.7. The van der Waals surface area contributed by atoms with Crippen molar-refractivity contribution in [1.82, 2.24) is 4.98 Å². The summed E-state index contributed by atoms with van der Waals surface area (Å²) in [7, 11) is 1.28. The molecular formula is C25H21ClN2O4S. The third kappa shape index (κ3) is 5.32. The molecule has 0 saturated heterocycles. The van der Waals surface area contributed by atoms with Crippen LogP contribution in [0.5, 0.6) is 5.75 Å². The number of hydrogen-bond donors (Lipinski definition) is 0. The van der Waals surface area contributed by atoms with Gasteiger partial charge in [-0.05, 0) is 67.1 Å². The molecule has 0 aliphatic rings. The van der Waals surface area contributed by atoms with Crippen LogP contribution in [0.2, 0.25) is 5.02 Å². The van der Waals surface area contributed by atoms with Gasteiger partial charge in [-0.2, -0.15) is 0 Å². The molecule has 1 amide bonds. The van der Waals surface area contributed by atoms with E-state index in [1.807, 2.05) is 37.3 Å². The molecule has 0 atom stereocenters. The number of halogens is 1. The van der Waals surface area contributed by atoms with Crippen molar-refractivity contribution < 1.29 is 19.1 Å². The highest BCUT2D eigenvalue weighted by molar-refractivity contribution is 7.18. The van der Waals surface area contributed by atoms with E-state index in [1.54, 1.807) is 47.7 Å². The van der Waals surface area contributed by atoms with Gasteiger partial charge in [0.25, 0.3) is 0 Å². The number of para-hydroxylation sites is 1. The number of nitrogens with zero attached hydrogens (tertiary/aromatic N) is 2. The van der Waals surface area contributed by atoms with Crippen LogP contribution in [-0.4, -0.2) is 30.5 Å². The van der Waals surface area contributed by atoms with E-state index >= 15 is 0 Å². The van der Waals surface area contributed by atoms with Crippen molar-refractivity contribution in [2.24, 2.45) is 0 Å². The number of aromatic nitrogens is 1. The number of rotatable bonds is 7. The standard InChI is InChI=1S/C25H21ClN2O4S/c1-16-13-19(32-15-24-27-20-5-3-4-6-23(20)33-24)11-12-21(16)28(25(30)31-2)14-22(29)17-7-9-18(26)10-8-17/h3-13H,14-15H2,1-2H3. The van der Waals surface area contributed by atoms with E-state index in [9.17, 15) is 9.59 Å². The first-order valence-corrected chi connectivity index (χ1v) is 11.4. The van der Waals surface area contributed by atoms with Gasteiger partial charge in [0.2, 0.25) is 0 Å². The number of ether oxygens (including phenoxy) is 2. The molecule has 4 aromatic rings. The van der Waals surface area contributed by atoms with Crippen LogP contribution in [0.25, 0.3) is 10.2 Å². The third-order valence-corrected chi connectivity index (χ3v) is 6.28. The lowest BCUT2D eigenvalue weighted by Gasteiger charge is -2.23. The van der Waals surface area contributed by atoms with Gasteiger partial charge >= 0.3 is 6.09 Å². The van der Waals surface area contributed by atoms with Gasteiger partial charge in [0.05, 0.1) is 29.6 Å². The van der Waals surface area contributed by atoms with E-state index in [-0.39, 0.29) is 12.3 Å². The summed E-state index contributed by atoms with van der Waals surface area (Å²) in [5.41, 5.74) is 2.75. The van der Waals surface area contributed by atoms with E-state index in [0.29, 0.717) is 28.6 Å². The van der Waals surface area contributed by atoms with Gasteiger partial charge in [-0.25, -0.2) is 9.78 Å². The summed E-state index contributed by atoms with van der Waals surface area (Å²) < 4.78 is 11.9. The van der Waals surface area contributed by atoms with Crippen LogP contribution in [-0.2, 0) is 11.3 Å². The van der Waals surface area contributed by atoms with E-state index in [0.717, 1.165) is 20.8 Å². The number of benzene rings is 3. The van der Waals surface area contributed by atoms with Gasteiger partial charge in [0.1, 0.15) is 17.4 Å². The van der Waals surface area contributed by atoms with Crippen molar-refractivity contribution in [3.63, 3.8) is 0 Å². The Bertz CT molecular complexity index is 1270. The number of fused-ring (bicyclic) bond motifs is 1. The van der Waals surface area contributed by atoms with Gasteiger partial charge in [0, 0.05) is 10.6 Å². The van der Waals surface area contributed by atoms with E-state index in [1.165, 1.54) is 12.0 Å². The number of anilines is 1. The molecule has 0 N–H and O–H groups in total. The first-order valence-electron chi connectivity index (χ1n) is 10.2. The fourth-order valence-corrected chi connectivity index (χ4v) is 4.38. The second kappa shape index (κ2) is 10.0. The van der Waals surface area contributed by atoms with Crippen molar-refractivity contribution in [1.29, 1.82) is 0 Å². The number of carbonyl (C=O) groups is 2. The average molecular weight is 481 g/mol. The quantitative estimate of drug-likeness (QED) is 0.290. The molecule has 0 aliphatic heterocycles. The molecule has 0 bridgehead atoms. The first-order chi connectivity index (χ1) is 15.9. The fourth-order valence-electron chi connectivity index (χ4n) is 3.38. The monoisotopic (exact) mass is 480 g/mol.